The predicted molar refractivity (Wildman–Crippen MR) is 316 cm³/mol. The quantitative estimate of drug-likeness (QED) is 0.0145. The summed E-state index contributed by atoms with van der Waals surface area (Å²) >= 11 is -2.47. The molecular formula is C59H67N2O19S4+. The molecule has 0 spiro atoms. The maximum Gasteiger partial charge on any atom is 0.341 e. The van der Waals surface area contributed by atoms with E-state index >= 15 is 0 Å². The lowest BCUT2D eigenvalue weighted by molar-refractivity contribution is -0.438. The highest BCUT2D eigenvalue weighted by atomic mass is 32.2. The number of fused-ring (bicyclic) bond motifs is 6. The Morgan fingerprint density at radius 3 is 1.86 bits per heavy atom. The van der Waals surface area contributed by atoms with Crippen molar-refractivity contribution in [3.8, 4) is 17.2 Å². The van der Waals surface area contributed by atoms with Gasteiger partial charge in [-0.1, -0.05) is 26.0 Å². The van der Waals surface area contributed by atoms with Crippen molar-refractivity contribution in [3.63, 3.8) is 0 Å². The Labute approximate surface area is 490 Å². The van der Waals surface area contributed by atoms with Crippen LogP contribution in [0.25, 0.3) is 21.5 Å². The number of unbranched alkanes of at least 4 members (excludes halogenated alkanes) is 2. The summed E-state index contributed by atoms with van der Waals surface area (Å²) in [5.41, 5.74) is 6.96. The third-order valence-corrected chi connectivity index (χ3v) is 18.4. The molecule has 1 unspecified atom stereocenters. The number of ether oxygens (including phenoxy) is 3. The smallest absolute Gasteiger partial charge is 0.341 e. The SMILES string of the molecule is Cc1cc(OC2=C(/C=C/C3=[N+](CCCCOS(=O)O)c4ccc5cc(S(=O)(=O)O)cc(OCC(=O)O)c5c4C3(C)C)CCC/C2=C\C=C2\N(CCCCS(=O)(=O)O)c3ccc4cc(S(=O)(=O)O)cc(OCC(=O)O)c4c3C2(C)C)cc(C)c1C. The number of benzene rings is 5. The first-order chi connectivity index (χ1) is 39.3. The molecule has 1 aliphatic carbocycles. The van der Waals surface area contributed by atoms with E-state index in [0.29, 0.717) is 106 Å². The molecule has 6 N–H and O–H groups in total. The Kier molecular flexibility index (Phi) is 18.6. The van der Waals surface area contributed by atoms with Gasteiger partial charge in [0.15, 0.2) is 18.9 Å². The Morgan fingerprint density at radius 2 is 1.30 bits per heavy atom. The number of nitrogens with zero attached hydrogens (tertiary/aromatic N) is 2. The zero-order valence-corrected chi connectivity index (χ0v) is 50.6. The Balaban J connectivity index is 1.32. The second-order valence-electron chi connectivity index (χ2n) is 22.0. The third-order valence-electron chi connectivity index (χ3n) is 15.5. The second-order valence-corrected chi connectivity index (χ2v) is 27.1. The molecule has 0 fully saturated rings. The van der Waals surface area contributed by atoms with Gasteiger partial charge >= 0.3 is 23.3 Å². The summed E-state index contributed by atoms with van der Waals surface area (Å²) < 4.78 is 150. The van der Waals surface area contributed by atoms with Crippen molar-refractivity contribution in [2.45, 2.75) is 114 Å². The van der Waals surface area contributed by atoms with Gasteiger partial charge in [0, 0.05) is 64.8 Å². The Morgan fingerprint density at radius 1 is 0.714 bits per heavy atom. The van der Waals surface area contributed by atoms with Gasteiger partial charge in [0.25, 0.3) is 30.4 Å². The van der Waals surface area contributed by atoms with Crippen LogP contribution in [0.1, 0.15) is 100 Å². The van der Waals surface area contributed by atoms with Crippen LogP contribution in [0, 0.1) is 20.8 Å². The first-order valence-corrected chi connectivity index (χ1v) is 32.4. The van der Waals surface area contributed by atoms with E-state index in [4.69, 9.17) is 18.4 Å². The van der Waals surface area contributed by atoms with Crippen molar-refractivity contribution in [2.75, 3.05) is 43.6 Å². The lowest BCUT2D eigenvalue weighted by Gasteiger charge is -2.28. The van der Waals surface area contributed by atoms with Gasteiger partial charge in [-0.3, -0.25) is 22.4 Å². The van der Waals surface area contributed by atoms with Crippen LogP contribution in [0.3, 0.4) is 0 Å². The van der Waals surface area contributed by atoms with Gasteiger partial charge in [0.1, 0.15) is 29.6 Å². The maximum atomic E-state index is 12.5. The summed E-state index contributed by atoms with van der Waals surface area (Å²) in [4.78, 5) is 24.7. The largest absolute Gasteiger partial charge is 0.481 e. The third kappa shape index (κ3) is 13.8. The van der Waals surface area contributed by atoms with Crippen molar-refractivity contribution in [1.29, 1.82) is 0 Å². The molecule has 5 aromatic carbocycles. The van der Waals surface area contributed by atoms with Gasteiger partial charge in [-0.25, -0.2) is 9.59 Å². The molecule has 2 heterocycles. The molecule has 25 heteroatoms. The number of carboxylic acid groups (broad SMARTS) is 2. The average Bonchev–Trinajstić information content (AvgIpc) is 1.59. The highest BCUT2D eigenvalue weighted by molar-refractivity contribution is 7.86. The standard InChI is InChI=1S/C59H66N2O19S4/c1-35-27-42(28-36(2)37(35)3)80-57-38(17-21-49-58(4,5)55-45(60(49)23-8-10-25-79-81(66)67)19-15-40-29-43(83(71,72)73)31-47(53(40)55)77-33-51(62)63)13-12-14-39(57)18-22-50-59(6,7)56-46(61(50)24-9-11-26-82(68,69)70)20-16-41-30-44(84(74,75)76)32-48(54(41)56)78-34-52(64)65/h15-22,27-32H,8-14,23-26,33-34H2,1-7H3,(H5-,62,63,64,65,66,67,68,69,70,71,72,73,74,75,76)/p+1. The van der Waals surface area contributed by atoms with E-state index in [2.05, 4.69) is 4.58 Å². The molecule has 450 valence electrons. The summed E-state index contributed by atoms with van der Waals surface area (Å²) in [5.74, 6) is -2.17. The zero-order chi connectivity index (χ0) is 61.4. The van der Waals surface area contributed by atoms with E-state index in [1.165, 1.54) is 12.1 Å². The maximum absolute atomic E-state index is 12.5. The fourth-order valence-corrected chi connectivity index (χ4v) is 13.4. The van der Waals surface area contributed by atoms with Gasteiger partial charge in [-0.2, -0.15) is 34.0 Å². The van der Waals surface area contributed by atoms with Crippen molar-refractivity contribution in [2.24, 2.45) is 0 Å². The summed E-state index contributed by atoms with van der Waals surface area (Å²) in [6.07, 6.45) is 10.9. The van der Waals surface area contributed by atoms with Crippen LogP contribution >= 0.6 is 0 Å². The van der Waals surface area contributed by atoms with E-state index in [0.717, 1.165) is 45.7 Å². The minimum atomic E-state index is -4.78. The molecule has 21 nitrogen and oxygen atoms in total. The van der Waals surface area contributed by atoms with Gasteiger partial charge < -0.3 is 29.3 Å². The van der Waals surface area contributed by atoms with Crippen molar-refractivity contribution in [3.05, 3.63) is 135 Å². The molecule has 0 saturated carbocycles. The molecule has 2 aliphatic heterocycles. The average molecular weight is 1240 g/mol. The van der Waals surface area contributed by atoms with E-state index in [1.54, 1.807) is 18.2 Å². The molecule has 3 aliphatic rings. The first kappa shape index (κ1) is 63.2. The van der Waals surface area contributed by atoms with Crippen LogP contribution < -0.4 is 19.1 Å². The molecule has 5 aromatic rings. The summed E-state index contributed by atoms with van der Waals surface area (Å²) in [7, 11) is -13.8. The van der Waals surface area contributed by atoms with Crippen LogP contribution in [0.4, 0.5) is 11.4 Å². The fourth-order valence-electron chi connectivity index (χ4n) is 11.5. The first-order valence-electron chi connectivity index (χ1n) is 26.8. The van der Waals surface area contributed by atoms with Crippen LogP contribution in [0.5, 0.6) is 17.2 Å². The number of rotatable bonds is 24. The Bertz CT molecular complexity index is 4040. The van der Waals surface area contributed by atoms with Crippen LogP contribution in [-0.4, -0.2) is 119 Å². The fraction of sp³-hybridized carbons (Fsp3) is 0.373. The minimum Gasteiger partial charge on any atom is -0.481 e. The highest BCUT2D eigenvalue weighted by Crippen LogP contribution is 2.54. The van der Waals surface area contributed by atoms with Crippen LogP contribution in [0.15, 0.2) is 117 Å². The zero-order valence-electron chi connectivity index (χ0n) is 47.3. The minimum absolute atomic E-state index is 0.00962. The monoisotopic (exact) mass is 1240 g/mol. The van der Waals surface area contributed by atoms with E-state index < -0.39 is 93.2 Å². The molecule has 0 bridgehead atoms. The topological polar surface area (TPSA) is 318 Å². The van der Waals surface area contributed by atoms with Crippen molar-refractivity contribution in [1.82, 2.24) is 0 Å². The number of hydrogen-bond acceptors (Lipinski definition) is 14. The van der Waals surface area contributed by atoms with Crippen molar-refractivity contribution >= 4 is 92.3 Å². The lowest BCUT2D eigenvalue weighted by atomic mass is 9.78. The number of aryl methyl sites for hydroxylation is 2. The lowest BCUT2D eigenvalue weighted by Crippen LogP contribution is -2.28. The van der Waals surface area contributed by atoms with E-state index in [9.17, 15) is 67.5 Å². The number of hydrogen-bond donors (Lipinski definition) is 6. The second kappa shape index (κ2) is 24.7. The number of carbonyl (C=O) groups is 2. The van der Waals surface area contributed by atoms with Gasteiger partial charge in [-0.05, 0) is 166 Å². The number of carboxylic acids is 2. The number of aliphatic carboxylic acids is 2. The van der Waals surface area contributed by atoms with Gasteiger partial charge in [0.2, 0.25) is 5.69 Å². The highest BCUT2D eigenvalue weighted by Gasteiger charge is 2.47. The van der Waals surface area contributed by atoms with E-state index in [1.807, 2.05) is 95.9 Å². The molecule has 0 saturated heterocycles. The number of allylic oxidation sites excluding steroid dienone is 7. The molecule has 8 rings (SSSR count). The van der Waals surface area contributed by atoms with Crippen LogP contribution in [-0.2, 0) is 66.3 Å². The number of anilines is 1. The normalized spacial score (nSPS) is 17.4. The van der Waals surface area contributed by atoms with E-state index in [-0.39, 0.29) is 31.1 Å². The summed E-state index contributed by atoms with van der Waals surface area (Å²) in [5, 5.41) is 20.8. The summed E-state index contributed by atoms with van der Waals surface area (Å²) in [6, 6.07) is 15.5. The molecule has 0 aromatic heterocycles. The Hall–Kier alpha value is -6.81. The predicted octanol–water partition coefficient (Wildman–Crippen LogP) is 10.00. The van der Waals surface area contributed by atoms with Gasteiger partial charge in [0.05, 0.1) is 33.1 Å². The molecule has 0 amide bonds. The molecule has 0 radical (unpaired) electrons. The molecular weight excluding hydrogens is 1170 g/mol. The molecule has 84 heavy (non-hydrogen) atoms. The van der Waals surface area contributed by atoms with Crippen molar-refractivity contribution < 1.29 is 90.4 Å². The van der Waals surface area contributed by atoms with Gasteiger partial charge in [-0.15, -0.1) is 0 Å². The van der Waals surface area contributed by atoms with Crippen LogP contribution in [0.2, 0.25) is 0 Å². The molecule has 1 atom stereocenters. The summed E-state index contributed by atoms with van der Waals surface area (Å²) in [6.45, 7) is 12.8.